The zero-order valence-corrected chi connectivity index (χ0v) is 13.0. The van der Waals surface area contributed by atoms with Crippen LogP contribution in [0.5, 0.6) is 11.5 Å². The maximum absolute atomic E-state index is 12.2. The molecule has 1 heterocycles. The first-order valence-electron chi connectivity index (χ1n) is 7.40. The van der Waals surface area contributed by atoms with Crippen molar-refractivity contribution < 1.29 is 19.1 Å². The molecule has 1 aromatic rings. The van der Waals surface area contributed by atoms with E-state index in [0.29, 0.717) is 35.8 Å². The lowest BCUT2D eigenvalue weighted by atomic mass is 10.0. The van der Waals surface area contributed by atoms with Gasteiger partial charge in [0.05, 0.1) is 0 Å². The minimum absolute atomic E-state index is 0.115. The van der Waals surface area contributed by atoms with Crippen molar-refractivity contribution in [3.8, 4) is 23.8 Å². The molecule has 0 amide bonds. The highest BCUT2D eigenvalue weighted by Gasteiger charge is 2.16. The summed E-state index contributed by atoms with van der Waals surface area (Å²) in [6, 6.07) is 5.06. The van der Waals surface area contributed by atoms with Crippen molar-refractivity contribution >= 4 is 11.6 Å². The van der Waals surface area contributed by atoms with Crippen molar-refractivity contribution in [2.45, 2.75) is 19.8 Å². The molecule has 1 aliphatic rings. The van der Waals surface area contributed by atoms with Gasteiger partial charge in [-0.1, -0.05) is 18.1 Å². The maximum Gasteiger partial charge on any atom is 0.163 e. The quantitative estimate of drug-likeness (QED) is 0.350. The zero-order valence-electron chi connectivity index (χ0n) is 13.0. The number of hydrogen-bond acceptors (Lipinski definition) is 4. The zero-order chi connectivity index (χ0) is 16.7. The highest BCUT2D eigenvalue weighted by molar-refractivity contribution is 6.03. The summed E-state index contributed by atoms with van der Waals surface area (Å²) in [5.41, 5.74) is 0.945. The van der Waals surface area contributed by atoms with Crippen LogP contribution >= 0.6 is 0 Å². The largest absolute Gasteiger partial charge is 0.486 e. The molecular weight excluding hydrogens is 292 g/mol. The fourth-order valence-corrected chi connectivity index (χ4v) is 2.22. The van der Waals surface area contributed by atoms with Crippen molar-refractivity contribution in [3.63, 3.8) is 0 Å². The van der Waals surface area contributed by atoms with Crippen LogP contribution in [0, 0.1) is 12.3 Å². The van der Waals surface area contributed by atoms with Crippen molar-refractivity contribution in [1.29, 1.82) is 0 Å². The van der Waals surface area contributed by atoms with Crippen LogP contribution in [-0.4, -0.2) is 24.8 Å². The monoisotopic (exact) mass is 310 g/mol. The number of fused-ring (bicyclic) bond motifs is 1. The van der Waals surface area contributed by atoms with Crippen LogP contribution < -0.4 is 9.47 Å². The number of ether oxygens (including phenoxy) is 2. The van der Waals surface area contributed by atoms with E-state index in [0.717, 1.165) is 0 Å². The standard InChI is InChI=1S/C19H18O4/c1-3-5-14(6-4-2)16(20)8-9-17(21)15-7-10-18-19(13-15)23-12-11-22-18/h1,4-7,10,13H,8-9,11-12H2,2H3/b6-4-,14-5+. The second kappa shape index (κ2) is 8.00. The Labute approximate surface area is 135 Å². The molecule has 0 atom stereocenters. The van der Waals surface area contributed by atoms with Crippen LogP contribution in [0.15, 0.2) is 42.0 Å². The number of terminal acetylenes is 1. The number of allylic oxidation sites excluding steroid dienone is 4. The molecule has 2 rings (SSSR count). The lowest BCUT2D eigenvalue weighted by Gasteiger charge is -2.18. The van der Waals surface area contributed by atoms with Gasteiger partial charge in [-0.3, -0.25) is 9.59 Å². The molecule has 118 valence electrons. The molecule has 0 aliphatic carbocycles. The van der Waals surface area contributed by atoms with Crippen LogP contribution in [0.4, 0.5) is 0 Å². The van der Waals surface area contributed by atoms with Crippen LogP contribution in [0.25, 0.3) is 0 Å². The molecule has 1 aliphatic heterocycles. The van der Waals surface area contributed by atoms with E-state index in [1.165, 1.54) is 6.08 Å². The lowest BCUT2D eigenvalue weighted by Crippen LogP contribution is -2.16. The van der Waals surface area contributed by atoms with E-state index < -0.39 is 0 Å². The molecule has 23 heavy (non-hydrogen) atoms. The van der Waals surface area contributed by atoms with Crippen molar-refractivity contribution in [1.82, 2.24) is 0 Å². The Kier molecular flexibility index (Phi) is 5.76. The number of benzene rings is 1. The van der Waals surface area contributed by atoms with Crippen LogP contribution in [0.1, 0.15) is 30.1 Å². The van der Waals surface area contributed by atoms with Crippen LogP contribution in [-0.2, 0) is 4.79 Å². The molecule has 4 heteroatoms. The van der Waals surface area contributed by atoms with Gasteiger partial charge in [-0.15, -0.1) is 6.42 Å². The molecule has 0 radical (unpaired) electrons. The minimum atomic E-state index is -0.146. The van der Waals surface area contributed by atoms with Gasteiger partial charge in [0.25, 0.3) is 0 Å². The number of hydrogen-bond donors (Lipinski definition) is 0. The fourth-order valence-electron chi connectivity index (χ4n) is 2.22. The summed E-state index contributed by atoms with van der Waals surface area (Å²) in [7, 11) is 0. The topological polar surface area (TPSA) is 52.6 Å². The van der Waals surface area contributed by atoms with Gasteiger partial charge in [0.2, 0.25) is 0 Å². The van der Waals surface area contributed by atoms with Gasteiger partial charge >= 0.3 is 0 Å². The molecule has 1 aromatic carbocycles. The van der Waals surface area contributed by atoms with Gasteiger partial charge in [-0.2, -0.15) is 0 Å². The molecule has 0 N–H and O–H groups in total. The molecule has 4 nitrogen and oxygen atoms in total. The second-order valence-electron chi connectivity index (χ2n) is 4.97. The summed E-state index contributed by atoms with van der Waals surface area (Å²) < 4.78 is 10.9. The third kappa shape index (κ3) is 4.33. The summed E-state index contributed by atoms with van der Waals surface area (Å²) in [6.45, 7) is 2.77. The van der Waals surface area contributed by atoms with E-state index in [9.17, 15) is 9.59 Å². The van der Waals surface area contributed by atoms with Crippen LogP contribution in [0.2, 0.25) is 0 Å². The van der Waals surface area contributed by atoms with E-state index in [4.69, 9.17) is 15.9 Å². The van der Waals surface area contributed by atoms with E-state index >= 15 is 0 Å². The Hall–Kier alpha value is -2.80. The highest BCUT2D eigenvalue weighted by Crippen LogP contribution is 2.31. The SMILES string of the molecule is C#C/C=C(\C=C/C)C(=O)CCC(=O)c1ccc2c(c1)OCCO2. The number of ketones is 2. The molecule has 0 saturated heterocycles. The van der Waals surface area contributed by atoms with E-state index in [1.807, 2.05) is 0 Å². The summed E-state index contributed by atoms with van der Waals surface area (Å²) in [6.07, 6.45) is 10.2. The van der Waals surface area contributed by atoms with Gasteiger partial charge < -0.3 is 9.47 Å². The number of carbonyl (C=O) groups excluding carboxylic acids is 2. The number of Topliss-reactive ketones (excluding diaryl/α,β-unsaturated/α-hetero) is 2. The first kappa shape index (κ1) is 16.6. The smallest absolute Gasteiger partial charge is 0.163 e. The number of rotatable bonds is 6. The van der Waals surface area contributed by atoms with Crippen molar-refractivity contribution in [3.05, 3.63) is 47.6 Å². The van der Waals surface area contributed by atoms with Gasteiger partial charge in [-0.05, 0) is 31.2 Å². The predicted molar refractivity (Wildman–Crippen MR) is 87.7 cm³/mol. The molecule has 0 fully saturated rings. The average Bonchev–Trinajstić information content (AvgIpc) is 2.58. The molecule has 0 aromatic heterocycles. The Morgan fingerprint density at radius 2 is 1.96 bits per heavy atom. The molecule has 0 bridgehead atoms. The Morgan fingerprint density at radius 1 is 1.22 bits per heavy atom. The predicted octanol–water partition coefficient (Wildman–Crippen LogP) is 3.13. The van der Waals surface area contributed by atoms with Gasteiger partial charge in [-0.25, -0.2) is 0 Å². The molecule has 0 spiro atoms. The summed E-state index contributed by atoms with van der Waals surface area (Å²) in [4.78, 5) is 24.3. The normalized spacial score (nSPS) is 13.7. The van der Waals surface area contributed by atoms with E-state index in [-0.39, 0.29) is 24.4 Å². The Morgan fingerprint density at radius 3 is 2.65 bits per heavy atom. The van der Waals surface area contributed by atoms with Crippen molar-refractivity contribution in [2.75, 3.05) is 13.2 Å². The molecule has 0 saturated carbocycles. The first-order valence-corrected chi connectivity index (χ1v) is 7.40. The fraction of sp³-hybridized carbons (Fsp3) is 0.263. The van der Waals surface area contributed by atoms with E-state index in [1.54, 1.807) is 37.3 Å². The maximum atomic E-state index is 12.2. The molecule has 0 unspecified atom stereocenters. The second-order valence-corrected chi connectivity index (χ2v) is 4.97. The van der Waals surface area contributed by atoms with Crippen LogP contribution in [0.3, 0.4) is 0 Å². The van der Waals surface area contributed by atoms with Gasteiger partial charge in [0, 0.05) is 24.0 Å². The third-order valence-electron chi connectivity index (χ3n) is 3.35. The summed E-state index contributed by atoms with van der Waals surface area (Å²) >= 11 is 0. The summed E-state index contributed by atoms with van der Waals surface area (Å²) in [5, 5.41) is 0. The van der Waals surface area contributed by atoms with Gasteiger partial charge in [0.15, 0.2) is 23.1 Å². The first-order chi connectivity index (χ1) is 11.2. The molecular formula is C19H18O4. The van der Waals surface area contributed by atoms with Crippen molar-refractivity contribution in [2.24, 2.45) is 0 Å². The number of carbonyl (C=O) groups is 2. The van der Waals surface area contributed by atoms with E-state index in [2.05, 4.69) is 5.92 Å². The lowest BCUT2D eigenvalue weighted by molar-refractivity contribution is -0.115. The Bertz CT molecular complexity index is 705. The third-order valence-corrected chi connectivity index (χ3v) is 3.35. The Balaban J connectivity index is 2.01. The summed E-state index contributed by atoms with van der Waals surface area (Å²) in [5.74, 6) is 3.28. The average molecular weight is 310 g/mol. The highest BCUT2D eigenvalue weighted by atomic mass is 16.6. The van der Waals surface area contributed by atoms with Gasteiger partial charge in [0.1, 0.15) is 13.2 Å². The minimum Gasteiger partial charge on any atom is -0.486 e.